The second kappa shape index (κ2) is 6.97. The first-order valence-corrected chi connectivity index (χ1v) is 8.20. The monoisotopic (exact) mass is 323 g/mol. The number of benzene rings is 3. The lowest BCUT2D eigenvalue weighted by Crippen LogP contribution is -1.77. The molecule has 3 aromatic carbocycles. The Bertz CT molecular complexity index is 999. The lowest BCUT2D eigenvalue weighted by Gasteiger charge is -1.93. The summed E-state index contributed by atoms with van der Waals surface area (Å²) in [6, 6.07) is 30.3. The van der Waals surface area contributed by atoms with Crippen molar-refractivity contribution in [3.8, 4) is 11.4 Å². The highest BCUT2D eigenvalue weighted by Crippen LogP contribution is 2.19. The minimum Gasteiger partial charge on any atom is -0.338 e. The van der Waals surface area contributed by atoms with Crippen molar-refractivity contribution in [2.24, 2.45) is 0 Å². The maximum absolute atomic E-state index is 4.53. The molecule has 5 aromatic rings. The largest absolute Gasteiger partial charge is 0.338 e. The van der Waals surface area contributed by atoms with Gasteiger partial charge in [-0.25, -0.2) is 4.98 Å². The second-order valence-electron chi connectivity index (χ2n) is 5.66. The Kier molecular flexibility index (Phi) is 4.21. The number of para-hydroxylation sites is 3. The third kappa shape index (κ3) is 3.40. The van der Waals surface area contributed by atoms with Crippen LogP contribution in [-0.4, -0.2) is 15.0 Å². The number of hydrogen-bond donors (Lipinski definition) is 1. The van der Waals surface area contributed by atoms with Crippen molar-refractivity contribution in [1.82, 2.24) is 15.0 Å². The van der Waals surface area contributed by atoms with Gasteiger partial charge in [-0.2, -0.15) is 0 Å². The average Bonchev–Trinajstić information content (AvgIpc) is 3.14. The fourth-order valence-electron chi connectivity index (χ4n) is 2.70. The van der Waals surface area contributed by atoms with E-state index in [2.05, 4.69) is 39.2 Å². The molecule has 25 heavy (non-hydrogen) atoms. The SMILES string of the molecule is c1ccc(-c2nc3ccccc3[nH]2)cc1.c1ccc2ncccc2c1. The Balaban J connectivity index is 0.000000136. The number of pyridine rings is 1. The normalized spacial score (nSPS) is 10.4. The molecule has 3 nitrogen and oxygen atoms in total. The topological polar surface area (TPSA) is 41.6 Å². The van der Waals surface area contributed by atoms with E-state index in [4.69, 9.17) is 0 Å². The van der Waals surface area contributed by atoms with Gasteiger partial charge in [0.15, 0.2) is 0 Å². The highest BCUT2D eigenvalue weighted by Gasteiger charge is 2.02. The zero-order valence-electron chi connectivity index (χ0n) is 13.6. The zero-order valence-corrected chi connectivity index (χ0v) is 13.6. The summed E-state index contributed by atoms with van der Waals surface area (Å²) < 4.78 is 0. The molecule has 0 amide bonds. The number of nitrogens with one attached hydrogen (secondary N) is 1. The van der Waals surface area contributed by atoms with Crippen molar-refractivity contribution in [3.05, 3.63) is 97.2 Å². The van der Waals surface area contributed by atoms with Crippen molar-refractivity contribution in [2.45, 2.75) is 0 Å². The molecule has 0 aliphatic carbocycles. The predicted molar refractivity (Wildman–Crippen MR) is 103 cm³/mol. The lowest BCUT2D eigenvalue weighted by atomic mass is 10.2. The summed E-state index contributed by atoms with van der Waals surface area (Å²) in [7, 11) is 0. The number of nitrogens with zero attached hydrogens (tertiary/aromatic N) is 2. The molecule has 0 saturated carbocycles. The molecule has 0 aliphatic heterocycles. The van der Waals surface area contributed by atoms with E-state index in [1.165, 1.54) is 5.39 Å². The van der Waals surface area contributed by atoms with Crippen molar-refractivity contribution < 1.29 is 0 Å². The van der Waals surface area contributed by atoms with E-state index in [1.807, 2.05) is 72.9 Å². The first-order chi connectivity index (χ1) is 12.4. The Labute approximate surface area is 146 Å². The van der Waals surface area contributed by atoms with Crippen LogP contribution in [0.5, 0.6) is 0 Å². The molecule has 120 valence electrons. The quantitative estimate of drug-likeness (QED) is 0.445. The summed E-state index contributed by atoms with van der Waals surface area (Å²) in [5.41, 5.74) is 4.27. The summed E-state index contributed by atoms with van der Waals surface area (Å²) in [5, 5.41) is 1.20. The van der Waals surface area contributed by atoms with Gasteiger partial charge in [-0.05, 0) is 24.3 Å². The molecule has 0 spiro atoms. The van der Waals surface area contributed by atoms with E-state index >= 15 is 0 Å². The molecule has 0 atom stereocenters. The van der Waals surface area contributed by atoms with Gasteiger partial charge in [0.05, 0.1) is 16.6 Å². The first kappa shape index (κ1) is 15.1. The molecular weight excluding hydrogens is 306 g/mol. The number of H-pyrrole nitrogens is 1. The Morgan fingerprint density at radius 1 is 0.600 bits per heavy atom. The van der Waals surface area contributed by atoms with E-state index in [0.29, 0.717) is 0 Å². The van der Waals surface area contributed by atoms with Gasteiger partial charge in [-0.1, -0.05) is 66.7 Å². The molecule has 2 aromatic heterocycles. The number of imidazole rings is 1. The minimum absolute atomic E-state index is 0.928. The van der Waals surface area contributed by atoms with Crippen LogP contribution in [0.3, 0.4) is 0 Å². The fraction of sp³-hybridized carbons (Fsp3) is 0. The molecular formula is C22H17N3. The van der Waals surface area contributed by atoms with Crippen LogP contribution in [0, 0.1) is 0 Å². The molecule has 0 radical (unpaired) electrons. The van der Waals surface area contributed by atoms with Gasteiger partial charge >= 0.3 is 0 Å². The Hall–Kier alpha value is -3.46. The molecule has 0 unspecified atom stereocenters. The second-order valence-corrected chi connectivity index (χ2v) is 5.66. The first-order valence-electron chi connectivity index (χ1n) is 8.20. The van der Waals surface area contributed by atoms with Crippen molar-refractivity contribution in [1.29, 1.82) is 0 Å². The van der Waals surface area contributed by atoms with Crippen LogP contribution in [-0.2, 0) is 0 Å². The number of rotatable bonds is 1. The highest BCUT2D eigenvalue weighted by molar-refractivity contribution is 5.79. The molecule has 0 saturated heterocycles. The summed E-state index contributed by atoms with van der Waals surface area (Å²) in [5.74, 6) is 0.928. The Morgan fingerprint density at radius 3 is 2.08 bits per heavy atom. The zero-order chi connectivity index (χ0) is 16.9. The maximum Gasteiger partial charge on any atom is 0.138 e. The smallest absolute Gasteiger partial charge is 0.138 e. The van der Waals surface area contributed by atoms with Gasteiger partial charge in [0.2, 0.25) is 0 Å². The van der Waals surface area contributed by atoms with Crippen LogP contribution in [0.2, 0.25) is 0 Å². The van der Waals surface area contributed by atoms with Crippen LogP contribution < -0.4 is 0 Å². The standard InChI is InChI=1S/C13H10N2.C9H7N/c1-2-6-10(7-3-1)13-14-11-8-4-5-9-12(11)15-13;1-2-6-9-8(4-1)5-3-7-10-9/h1-9H,(H,14,15);1-7H. The number of aromatic nitrogens is 3. The highest BCUT2D eigenvalue weighted by atomic mass is 14.9. The number of hydrogen-bond acceptors (Lipinski definition) is 2. The molecule has 0 fully saturated rings. The van der Waals surface area contributed by atoms with Gasteiger partial charge in [0.25, 0.3) is 0 Å². The van der Waals surface area contributed by atoms with E-state index in [1.54, 1.807) is 0 Å². The van der Waals surface area contributed by atoms with E-state index < -0.39 is 0 Å². The lowest BCUT2D eigenvalue weighted by molar-refractivity contribution is 1.34. The minimum atomic E-state index is 0.928. The van der Waals surface area contributed by atoms with Crippen molar-refractivity contribution in [2.75, 3.05) is 0 Å². The van der Waals surface area contributed by atoms with Crippen LogP contribution in [0.1, 0.15) is 0 Å². The molecule has 0 aliphatic rings. The summed E-state index contributed by atoms with van der Waals surface area (Å²) >= 11 is 0. The van der Waals surface area contributed by atoms with Crippen molar-refractivity contribution in [3.63, 3.8) is 0 Å². The molecule has 5 rings (SSSR count). The van der Waals surface area contributed by atoms with Crippen LogP contribution in [0.15, 0.2) is 97.2 Å². The number of aromatic amines is 1. The third-order valence-electron chi connectivity index (χ3n) is 3.95. The van der Waals surface area contributed by atoms with E-state index in [9.17, 15) is 0 Å². The van der Waals surface area contributed by atoms with Gasteiger partial charge < -0.3 is 4.98 Å². The maximum atomic E-state index is 4.53. The molecule has 3 heteroatoms. The average molecular weight is 323 g/mol. The molecule has 0 bridgehead atoms. The summed E-state index contributed by atoms with van der Waals surface area (Å²) in [6.07, 6.45) is 1.81. The fourth-order valence-corrected chi connectivity index (χ4v) is 2.70. The predicted octanol–water partition coefficient (Wildman–Crippen LogP) is 5.46. The van der Waals surface area contributed by atoms with Gasteiger partial charge in [-0.3, -0.25) is 4.98 Å². The number of fused-ring (bicyclic) bond motifs is 2. The molecule has 1 N–H and O–H groups in total. The Morgan fingerprint density at radius 2 is 1.28 bits per heavy atom. The van der Waals surface area contributed by atoms with E-state index in [0.717, 1.165) is 27.9 Å². The summed E-state index contributed by atoms with van der Waals surface area (Å²) in [4.78, 5) is 12.0. The van der Waals surface area contributed by atoms with Gasteiger partial charge in [0.1, 0.15) is 5.82 Å². The van der Waals surface area contributed by atoms with Crippen LogP contribution >= 0.6 is 0 Å². The summed E-state index contributed by atoms with van der Waals surface area (Å²) in [6.45, 7) is 0. The van der Waals surface area contributed by atoms with Gasteiger partial charge in [-0.15, -0.1) is 0 Å². The van der Waals surface area contributed by atoms with Crippen molar-refractivity contribution >= 4 is 21.9 Å². The van der Waals surface area contributed by atoms with Crippen LogP contribution in [0.4, 0.5) is 0 Å². The van der Waals surface area contributed by atoms with E-state index in [-0.39, 0.29) is 0 Å². The third-order valence-corrected chi connectivity index (χ3v) is 3.95. The van der Waals surface area contributed by atoms with Gasteiger partial charge in [0, 0.05) is 17.1 Å². The van der Waals surface area contributed by atoms with Crippen LogP contribution in [0.25, 0.3) is 33.3 Å². The molecule has 2 heterocycles.